The van der Waals surface area contributed by atoms with Gasteiger partial charge in [0.05, 0.1) is 17.6 Å². The number of fused-ring (bicyclic) bond motifs is 1. The number of aromatic nitrogens is 3. The first-order valence-electron chi connectivity index (χ1n) is 11.2. The van der Waals surface area contributed by atoms with Crippen LogP contribution >= 0.6 is 0 Å². The van der Waals surface area contributed by atoms with Crippen molar-refractivity contribution in [1.82, 2.24) is 25.2 Å². The third-order valence-corrected chi connectivity index (χ3v) is 5.26. The van der Waals surface area contributed by atoms with E-state index in [-0.39, 0.29) is 30.9 Å². The van der Waals surface area contributed by atoms with Crippen LogP contribution in [0.4, 0.5) is 24.7 Å². The lowest BCUT2D eigenvalue weighted by atomic mass is 10.1. The number of aliphatic carboxylic acids is 1. The summed E-state index contributed by atoms with van der Waals surface area (Å²) in [5.74, 6) is -0.648. The second-order valence-electron chi connectivity index (χ2n) is 8.17. The van der Waals surface area contributed by atoms with E-state index in [2.05, 4.69) is 30.5 Å². The first-order valence-corrected chi connectivity index (χ1v) is 11.2. The number of rotatable bonds is 13. The second-order valence-corrected chi connectivity index (χ2v) is 8.17. The molecule has 0 aliphatic carbocycles. The maximum Gasteiger partial charge on any atom is 0.416 e. The van der Waals surface area contributed by atoms with Gasteiger partial charge >= 0.3 is 12.1 Å². The summed E-state index contributed by atoms with van der Waals surface area (Å²) in [4.78, 5) is 24.4. The van der Waals surface area contributed by atoms with Crippen molar-refractivity contribution in [2.24, 2.45) is 0 Å². The zero-order chi connectivity index (χ0) is 25.4. The number of hydrogen-bond acceptors (Lipinski definition) is 7. The van der Waals surface area contributed by atoms with Gasteiger partial charge in [0.2, 0.25) is 0 Å². The van der Waals surface area contributed by atoms with Crippen LogP contribution in [0.1, 0.15) is 30.4 Å². The Kier molecular flexibility index (Phi) is 8.88. The smallest absolute Gasteiger partial charge is 0.416 e. The van der Waals surface area contributed by atoms with Crippen LogP contribution in [-0.4, -0.2) is 64.7 Å². The number of H-pyrrole nitrogens is 1. The van der Waals surface area contributed by atoms with Gasteiger partial charge < -0.3 is 30.4 Å². The van der Waals surface area contributed by atoms with E-state index < -0.39 is 17.7 Å². The number of carboxylic acids is 1. The van der Waals surface area contributed by atoms with E-state index in [0.29, 0.717) is 23.4 Å². The molecule has 190 valence electrons. The molecule has 4 N–H and O–H groups in total. The molecule has 0 unspecified atom stereocenters. The van der Waals surface area contributed by atoms with Gasteiger partial charge in [0, 0.05) is 30.9 Å². The number of aromatic amines is 1. The lowest BCUT2D eigenvalue weighted by Crippen LogP contribution is -2.22. The third kappa shape index (κ3) is 7.55. The Labute approximate surface area is 200 Å². The summed E-state index contributed by atoms with van der Waals surface area (Å²) < 4.78 is 46.0. The molecule has 0 saturated carbocycles. The maximum atomic E-state index is 13.5. The van der Waals surface area contributed by atoms with Crippen molar-refractivity contribution in [3.63, 3.8) is 0 Å². The predicted octanol–water partition coefficient (Wildman–Crippen LogP) is 4.01. The molecule has 0 saturated heterocycles. The second kappa shape index (κ2) is 11.8. The number of halogens is 3. The maximum absolute atomic E-state index is 13.5. The van der Waals surface area contributed by atoms with Crippen molar-refractivity contribution in [2.45, 2.75) is 32.0 Å². The average molecular weight is 495 g/mol. The highest BCUT2D eigenvalue weighted by atomic mass is 19.4. The molecule has 0 fully saturated rings. The van der Waals surface area contributed by atoms with Gasteiger partial charge in [-0.25, -0.2) is 9.97 Å². The van der Waals surface area contributed by atoms with Crippen molar-refractivity contribution in [3.8, 4) is 5.75 Å². The molecule has 2 heterocycles. The first kappa shape index (κ1) is 26.2. The largest absolute Gasteiger partial charge is 0.493 e. The van der Waals surface area contributed by atoms with Crippen LogP contribution in [-0.2, 0) is 17.5 Å². The van der Waals surface area contributed by atoms with Crippen LogP contribution in [0.5, 0.6) is 5.75 Å². The molecular weight excluding hydrogens is 465 g/mol. The summed E-state index contributed by atoms with van der Waals surface area (Å²) in [6.07, 6.45) is -0.428. The van der Waals surface area contributed by atoms with Crippen LogP contribution in [0, 0.1) is 0 Å². The van der Waals surface area contributed by atoms with Gasteiger partial charge in [0.1, 0.15) is 23.5 Å². The highest BCUT2D eigenvalue weighted by Crippen LogP contribution is 2.36. The van der Waals surface area contributed by atoms with Gasteiger partial charge in [-0.2, -0.15) is 13.2 Å². The molecule has 3 rings (SSSR count). The fourth-order valence-corrected chi connectivity index (χ4v) is 3.61. The zero-order valence-corrected chi connectivity index (χ0v) is 19.6. The lowest BCUT2D eigenvalue weighted by Gasteiger charge is -2.17. The fourth-order valence-electron chi connectivity index (χ4n) is 3.61. The van der Waals surface area contributed by atoms with Crippen LogP contribution in [0.25, 0.3) is 11.0 Å². The Morgan fingerprint density at radius 1 is 1.23 bits per heavy atom. The monoisotopic (exact) mass is 494 g/mol. The topological polar surface area (TPSA) is 115 Å². The van der Waals surface area contributed by atoms with Gasteiger partial charge in [-0.15, -0.1) is 0 Å². The molecule has 0 atom stereocenters. The molecule has 9 nitrogen and oxygen atoms in total. The number of nitrogens with one attached hydrogen (secondary N) is 3. The number of benzene rings is 1. The Morgan fingerprint density at radius 3 is 2.74 bits per heavy atom. The average Bonchev–Trinajstić information content (AvgIpc) is 3.20. The van der Waals surface area contributed by atoms with E-state index >= 15 is 0 Å². The molecule has 0 spiro atoms. The summed E-state index contributed by atoms with van der Waals surface area (Å²) in [7, 11) is 3.89. The Balaban J connectivity index is 1.86. The van der Waals surface area contributed by atoms with Crippen LogP contribution in [0.2, 0.25) is 0 Å². The Hall–Kier alpha value is -3.38. The van der Waals surface area contributed by atoms with Crippen molar-refractivity contribution < 1.29 is 27.8 Å². The minimum Gasteiger partial charge on any atom is -0.493 e. The summed E-state index contributed by atoms with van der Waals surface area (Å²) >= 11 is 0. The molecule has 0 aliphatic rings. The summed E-state index contributed by atoms with van der Waals surface area (Å²) in [6.45, 7) is 2.34. The van der Waals surface area contributed by atoms with E-state index in [1.807, 2.05) is 20.3 Å². The molecule has 0 bridgehead atoms. The number of nitrogens with zero attached hydrogens (tertiary/aromatic N) is 3. The molecule has 2 aromatic heterocycles. The van der Waals surface area contributed by atoms with E-state index in [9.17, 15) is 18.0 Å². The van der Waals surface area contributed by atoms with Gasteiger partial charge in [0.25, 0.3) is 0 Å². The number of hydrogen-bond donors (Lipinski definition) is 4. The quantitative estimate of drug-likeness (QED) is 0.264. The highest BCUT2D eigenvalue weighted by Gasteiger charge is 2.31. The minimum atomic E-state index is -4.59. The SMILES string of the molecule is CNCCCN(C)Cc1c[nH]c2ncnc(Nc3cc(OCCCC(=O)O)cc(C(F)(F)F)c3)c12. The Bertz CT molecular complexity index is 1140. The molecule has 0 amide bonds. The molecule has 0 radical (unpaired) electrons. The van der Waals surface area contributed by atoms with Crippen LogP contribution in [0.3, 0.4) is 0 Å². The Morgan fingerprint density at radius 2 is 2.03 bits per heavy atom. The van der Waals surface area contributed by atoms with Crippen LogP contribution in [0.15, 0.2) is 30.7 Å². The van der Waals surface area contributed by atoms with E-state index in [1.165, 1.54) is 12.4 Å². The van der Waals surface area contributed by atoms with Gasteiger partial charge in [-0.3, -0.25) is 4.79 Å². The normalized spacial score (nSPS) is 11.8. The summed E-state index contributed by atoms with van der Waals surface area (Å²) in [5.41, 5.74) is 0.729. The number of carbonyl (C=O) groups is 1. The van der Waals surface area contributed by atoms with Crippen LogP contribution < -0.4 is 15.4 Å². The van der Waals surface area contributed by atoms with E-state index in [1.54, 1.807) is 0 Å². The fraction of sp³-hybridized carbons (Fsp3) is 0.435. The summed E-state index contributed by atoms with van der Waals surface area (Å²) in [5, 5.41) is 15.5. The van der Waals surface area contributed by atoms with E-state index in [4.69, 9.17) is 9.84 Å². The third-order valence-electron chi connectivity index (χ3n) is 5.26. The van der Waals surface area contributed by atoms with E-state index in [0.717, 1.165) is 37.2 Å². The first-order chi connectivity index (χ1) is 16.7. The number of anilines is 2. The van der Waals surface area contributed by atoms with Crippen molar-refractivity contribution in [1.29, 1.82) is 0 Å². The minimum absolute atomic E-state index is 0.0171. The lowest BCUT2D eigenvalue weighted by molar-refractivity contribution is -0.138. The molecule has 35 heavy (non-hydrogen) atoms. The van der Waals surface area contributed by atoms with Crippen molar-refractivity contribution >= 4 is 28.5 Å². The number of ether oxygens (including phenoxy) is 1. The van der Waals surface area contributed by atoms with Gasteiger partial charge in [-0.1, -0.05) is 0 Å². The van der Waals surface area contributed by atoms with Crippen molar-refractivity contribution in [3.05, 3.63) is 41.9 Å². The number of alkyl halides is 3. The standard InChI is InChI=1S/C23H29F3N6O3/c1-27-6-4-7-32(2)13-15-12-28-21-20(15)22(30-14-29-21)31-17-9-16(23(24,25)26)10-18(11-17)35-8-3-5-19(33)34/h9-12,14,27H,3-8,13H2,1-2H3,(H,33,34)(H2,28,29,30,31). The van der Waals surface area contributed by atoms with Gasteiger partial charge in [0.15, 0.2) is 0 Å². The van der Waals surface area contributed by atoms with Crippen molar-refractivity contribution in [2.75, 3.05) is 39.1 Å². The zero-order valence-electron chi connectivity index (χ0n) is 19.6. The molecule has 3 aromatic rings. The van der Waals surface area contributed by atoms with Gasteiger partial charge in [-0.05, 0) is 57.7 Å². The summed E-state index contributed by atoms with van der Waals surface area (Å²) in [6, 6.07) is 3.30. The molecule has 1 aromatic carbocycles. The molecule has 12 heteroatoms. The number of carboxylic acid groups (broad SMARTS) is 1. The molecule has 0 aliphatic heterocycles. The molecular formula is C23H29F3N6O3. The predicted molar refractivity (Wildman–Crippen MR) is 126 cm³/mol. The highest BCUT2D eigenvalue weighted by molar-refractivity contribution is 5.92.